The molecule has 1 aromatic rings. The van der Waals surface area contributed by atoms with Crippen LogP contribution < -0.4 is 16.0 Å². The SMILES string of the molecule is COCCCN/C=C(/C#N)C(=O)Nc1ccc(NC(C)=O)cc1. The zero-order valence-electron chi connectivity index (χ0n) is 13.2. The Labute approximate surface area is 135 Å². The molecule has 1 aromatic carbocycles. The van der Waals surface area contributed by atoms with Crippen molar-refractivity contribution < 1.29 is 14.3 Å². The minimum absolute atomic E-state index is 0.0200. The van der Waals surface area contributed by atoms with Crippen LogP contribution in [0, 0.1) is 11.3 Å². The third-order valence-electron chi connectivity index (χ3n) is 2.74. The predicted octanol–water partition coefficient (Wildman–Crippen LogP) is 1.62. The Morgan fingerprint density at radius 3 is 2.35 bits per heavy atom. The van der Waals surface area contributed by atoms with E-state index in [2.05, 4.69) is 16.0 Å². The van der Waals surface area contributed by atoms with Crippen molar-refractivity contribution in [3.8, 4) is 6.07 Å². The Hall–Kier alpha value is -2.85. The second-order valence-corrected chi connectivity index (χ2v) is 4.68. The first-order valence-electron chi connectivity index (χ1n) is 7.08. The fourth-order valence-electron chi connectivity index (χ4n) is 1.68. The molecule has 0 fully saturated rings. The molecule has 2 amide bonds. The minimum atomic E-state index is -0.501. The van der Waals surface area contributed by atoms with Crippen LogP contribution >= 0.6 is 0 Å². The number of anilines is 2. The lowest BCUT2D eigenvalue weighted by Gasteiger charge is -2.07. The number of ether oxygens (including phenoxy) is 1. The van der Waals surface area contributed by atoms with Crippen LogP contribution in [0.4, 0.5) is 11.4 Å². The van der Waals surface area contributed by atoms with Crippen molar-refractivity contribution in [1.29, 1.82) is 5.26 Å². The summed E-state index contributed by atoms with van der Waals surface area (Å²) in [6.45, 7) is 2.63. The van der Waals surface area contributed by atoms with Crippen molar-refractivity contribution in [2.75, 3.05) is 30.9 Å². The van der Waals surface area contributed by atoms with Crippen molar-refractivity contribution in [2.45, 2.75) is 13.3 Å². The average Bonchev–Trinajstić information content (AvgIpc) is 2.52. The average molecular weight is 316 g/mol. The van der Waals surface area contributed by atoms with E-state index in [0.29, 0.717) is 24.5 Å². The van der Waals surface area contributed by atoms with Gasteiger partial charge in [0.1, 0.15) is 11.6 Å². The molecule has 0 saturated carbocycles. The standard InChI is InChI=1S/C16H20N4O3/c1-12(21)19-14-4-6-15(7-5-14)20-16(22)13(10-17)11-18-8-3-9-23-2/h4-7,11,18H,3,8-9H2,1-2H3,(H,19,21)(H,20,22)/b13-11-. The van der Waals surface area contributed by atoms with Crippen molar-refractivity contribution in [2.24, 2.45) is 0 Å². The number of hydrogen-bond donors (Lipinski definition) is 3. The third kappa shape index (κ3) is 7.11. The summed E-state index contributed by atoms with van der Waals surface area (Å²) in [6.07, 6.45) is 2.16. The van der Waals surface area contributed by atoms with E-state index in [1.54, 1.807) is 31.4 Å². The summed E-state index contributed by atoms with van der Waals surface area (Å²) in [5.41, 5.74) is 1.14. The first kappa shape index (κ1) is 18.2. The molecule has 7 nitrogen and oxygen atoms in total. The summed E-state index contributed by atoms with van der Waals surface area (Å²) in [4.78, 5) is 22.9. The highest BCUT2D eigenvalue weighted by Crippen LogP contribution is 2.14. The van der Waals surface area contributed by atoms with E-state index in [1.807, 2.05) is 6.07 Å². The molecule has 0 aliphatic carbocycles. The van der Waals surface area contributed by atoms with Gasteiger partial charge >= 0.3 is 0 Å². The van der Waals surface area contributed by atoms with E-state index >= 15 is 0 Å². The fraction of sp³-hybridized carbons (Fsp3) is 0.312. The van der Waals surface area contributed by atoms with E-state index in [0.717, 1.165) is 6.42 Å². The number of hydrogen-bond acceptors (Lipinski definition) is 5. The van der Waals surface area contributed by atoms with Gasteiger partial charge in [0.2, 0.25) is 5.91 Å². The van der Waals surface area contributed by atoms with Gasteiger partial charge in [0.25, 0.3) is 5.91 Å². The number of nitriles is 1. The third-order valence-corrected chi connectivity index (χ3v) is 2.74. The Morgan fingerprint density at radius 2 is 1.83 bits per heavy atom. The van der Waals surface area contributed by atoms with Crippen molar-refractivity contribution in [1.82, 2.24) is 5.32 Å². The highest BCUT2D eigenvalue weighted by molar-refractivity contribution is 6.06. The summed E-state index contributed by atoms with van der Waals surface area (Å²) in [5, 5.41) is 17.2. The molecule has 0 spiro atoms. The molecular weight excluding hydrogens is 296 g/mol. The van der Waals surface area contributed by atoms with Gasteiger partial charge in [-0.2, -0.15) is 5.26 Å². The Bertz CT molecular complexity index is 603. The first-order valence-corrected chi connectivity index (χ1v) is 7.08. The van der Waals surface area contributed by atoms with Gasteiger partial charge in [0.15, 0.2) is 0 Å². The van der Waals surface area contributed by atoms with Gasteiger partial charge < -0.3 is 20.7 Å². The predicted molar refractivity (Wildman–Crippen MR) is 87.6 cm³/mol. The summed E-state index contributed by atoms with van der Waals surface area (Å²) >= 11 is 0. The monoisotopic (exact) mass is 316 g/mol. The number of nitrogens with one attached hydrogen (secondary N) is 3. The lowest BCUT2D eigenvalue weighted by Crippen LogP contribution is -2.17. The lowest BCUT2D eigenvalue weighted by molar-refractivity contribution is -0.114. The van der Waals surface area contributed by atoms with Crippen LogP contribution in [-0.4, -0.2) is 32.1 Å². The molecule has 23 heavy (non-hydrogen) atoms. The zero-order valence-corrected chi connectivity index (χ0v) is 13.2. The zero-order chi connectivity index (χ0) is 17.1. The maximum atomic E-state index is 12.0. The van der Waals surface area contributed by atoms with Gasteiger partial charge in [-0.1, -0.05) is 0 Å². The maximum absolute atomic E-state index is 12.0. The molecule has 0 saturated heterocycles. The van der Waals surface area contributed by atoms with Crippen LogP contribution in [0.15, 0.2) is 36.0 Å². The number of benzene rings is 1. The quantitative estimate of drug-likeness (QED) is 0.384. The Kier molecular flexibility index (Phi) is 7.89. The molecule has 0 atom stereocenters. The molecule has 1 rings (SSSR count). The highest BCUT2D eigenvalue weighted by Gasteiger charge is 2.09. The molecule has 0 aromatic heterocycles. The molecule has 0 aliphatic rings. The second-order valence-electron chi connectivity index (χ2n) is 4.68. The molecule has 7 heteroatoms. The molecule has 0 aliphatic heterocycles. The van der Waals surface area contributed by atoms with Crippen LogP contribution in [0.1, 0.15) is 13.3 Å². The lowest BCUT2D eigenvalue weighted by atomic mass is 10.2. The number of rotatable bonds is 8. The number of amides is 2. The number of carbonyl (C=O) groups excluding carboxylic acids is 2. The normalized spacial score (nSPS) is 10.6. The van der Waals surface area contributed by atoms with Gasteiger partial charge in [0.05, 0.1) is 0 Å². The number of methoxy groups -OCH3 is 1. The Morgan fingerprint density at radius 1 is 1.22 bits per heavy atom. The molecule has 122 valence electrons. The summed E-state index contributed by atoms with van der Waals surface area (Å²) in [7, 11) is 1.61. The molecule has 0 bridgehead atoms. The smallest absolute Gasteiger partial charge is 0.267 e. The summed E-state index contributed by atoms with van der Waals surface area (Å²) in [5.74, 6) is -0.671. The minimum Gasteiger partial charge on any atom is -0.390 e. The van der Waals surface area contributed by atoms with Crippen molar-refractivity contribution in [3.63, 3.8) is 0 Å². The highest BCUT2D eigenvalue weighted by atomic mass is 16.5. The van der Waals surface area contributed by atoms with Crippen LogP contribution in [0.25, 0.3) is 0 Å². The van der Waals surface area contributed by atoms with Crippen LogP contribution in [0.3, 0.4) is 0 Å². The summed E-state index contributed by atoms with van der Waals surface area (Å²) in [6, 6.07) is 8.46. The van der Waals surface area contributed by atoms with Crippen LogP contribution in [-0.2, 0) is 14.3 Å². The first-order chi connectivity index (χ1) is 11.1. The topological polar surface area (TPSA) is 103 Å². The van der Waals surface area contributed by atoms with Crippen molar-refractivity contribution >= 4 is 23.2 Å². The van der Waals surface area contributed by atoms with Gasteiger partial charge in [-0.15, -0.1) is 0 Å². The molecule has 0 heterocycles. The Balaban J connectivity index is 2.57. The van der Waals surface area contributed by atoms with Gasteiger partial charge in [-0.3, -0.25) is 9.59 Å². The van der Waals surface area contributed by atoms with E-state index in [-0.39, 0.29) is 11.5 Å². The molecule has 0 radical (unpaired) electrons. The molecule has 3 N–H and O–H groups in total. The number of nitrogens with zero attached hydrogens (tertiary/aromatic N) is 1. The van der Waals surface area contributed by atoms with Gasteiger partial charge in [-0.05, 0) is 30.7 Å². The largest absolute Gasteiger partial charge is 0.390 e. The van der Waals surface area contributed by atoms with E-state index in [4.69, 9.17) is 10.00 Å². The van der Waals surface area contributed by atoms with E-state index in [9.17, 15) is 9.59 Å². The number of carbonyl (C=O) groups is 2. The van der Waals surface area contributed by atoms with Gasteiger partial charge in [-0.25, -0.2) is 0 Å². The molecular formula is C16H20N4O3. The van der Waals surface area contributed by atoms with E-state index in [1.165, 1.54) is 13.1 Å². The van der Waals surface area contributed by atoms with Crippen molar-refractivity contribution in [3.05, 3.63) is 36.0 Å². The maximum Gasteiger partial charge on any atom is 0.267 e. The van der Waals surface area contributed by atoms with E-state index < -0.39 is 5.91 Å². The summed E-state index contributed by atoms with van der Waals surface area (Å²) < 4.78 is 4.90. The van der Waals surface area contributed by atoms with Gasteiger partial charge in [0, 0.05) is 44.8 Å². The fourth-order valence-corrected chi connectivity index (χ4v) is 1.68. The molecule has 0 unspecified atom stereocenters. The van der Waals surface area contributed by atoms with Crippen LogP contribution in [0.5, 0.6) is 0 Å². The van der Waals surface area contributed by atoms with Crippen LogP contribution in [0.2, 0.25) is 0 Å². The second kappa shape index (κ2) is 9.97.